The lowest BCUT2D eigenvalue weighted by molar-refractivity contribution is 0.421. The molecule has 0 amide bonds. The Balaban J connectivity index is 1.62. The Morgan fingerprint density at radius 1 is 0.919 bits per heavy atom. The molecular formula is C28H22N6O3. The minimum atomic E-state index is -0.676. The van der Waals surface area contributed by atoms with Crippen LogP contribution in [0, 0.1) is 6.92 Å². The van der Waals surface area contributed by atoms with Crippen molar-refractivity contribution in [3.8, 4) is 11.6 Å². The molecule has 4 aromatic heterocycles. The molecule has 37 heavy (non-hydrogen) atoms. The monoisotopic (exact) mass is 490 g/mol. The number of hydrogen-bond donors (Lipinski definition) is 0. The fraction of sp³-hybridized carbons (Fsp3) is 0.214. The van der Waals surface area contributed by atoms with Gasteiger partial charge in [0.2, 0.25) is 5.88 Å². The molecule has 0 radical (unpaired) electrons. The van der Waals surface area contributed by atoms with Gasteiger partial charge >= 0.3 is 5.63 Å². The first-order valence-corrected chi connectivity index (χ1v) is 12.0. The lowest BCUT2D eigenvalue weighted by Gasteiger charge is -2.27. The van der Waals surface area contributed by atoms with Crippen molar-refractivity contribution in [1.82, 2.24) is 29.5 Å². The first-order chi connectivity index (χ1) is 17.8. The van der Waals surface area contributed by atoms with E-state index in [9.17, 15) is 4.79 Å². The number of benzene rings is 2. The molecule has 1 aliphatic heterocycles. The highest BCUT2D eigenvalue weighted by molar-refractivity contribution is 5.87. The molecule has 0 spiro atoms. The summed E-state index contributed by atoms with van der Waals surface area (Å²) in [4.78, 5) is 32.9. The van der Waals surface area contributed by atoms with Gasteiger partial charge in [-0.05, 0) is 31.2 Å². The van der Waals surface area contributed by atoms with Gasteiger partial charge in [-0.25, -0.2) is 29.2 Å². The Kier molecular flexibility index (Phi) is 4.34. The van der Waals surface area contributed by atoms with Crippen LogP contribution in [0.1, 0.15) is 55.0 Å². The fourth-order valence-electron chi connectivity index (χ4n) is 4.90. The first kappa shape index (κ1) is 21.6. The maximum Gasteiger partial charge on any atom is 0.344 e. The molecule has 0 saturated carbocycles. The van der Waals surface area contributed by atoms with Gasteiger partial charge in [-0.1, -0.05) is 45.0 Å². The number of aromatic nitrogens is 6. The largest absolute Gasteiger partial charge is 0.437 e. The molecule has 6 aromatic rings. The van der Waals surface area contributed by atoms with Gasteiger partial charge < -0.3 is 9.15 Å². The second-order valence-corrected chi connectivity index (χ2v) is 10.3. The summed E-state index contributed by atoms with van der Waals surface area (Å²) < 4.78 is 13.8. The van der Waals surface area contributed by atoms with Crippen LogP contribution in [0.4, 0.5) is 0 Å². The second kappa shape index (κ2) is 7.42. The summed E-state index contributed by atoms with van der Waals surface area (Å²) in [6, 6.07) is 15.0. The summed E-state index contributed by atoms with van der Waals surface area (Å²) in [6.07, 6.45) is 1.59. The van der Waals surface area contributed by atoms with Crippen molar-refractivity contribution in [2.24, 2.45) is 0 Å². The predicted octanol–water partition coefficient (Wildman–Crippen LogP) is 5.07. The zero-order valence-electron chi connectivity index (χ0n) is 20.7. The number of aryl methyl sites for hydroxylation is 1. The van der Waals surface area contributed by atoms with E-state index in [1.807, 2.05) is 70.2 Å². The number of nitrogens with zero attached hydrogens (tertiary/aromatic N) is 6. The van der Waals surface area contributed by atoms with Gasteiger partial charge in [0, 0.05) is 5.41 Å². The highest BCUT2D eigenvalue weighted by Crippen LogP contribution is 2.49. The van der Waals surface area contributed by atoms with Crippen molar-refractivity contribution in [2.45, 2.75) is 39.0 Å². The molecule has 1 unspecified atom stereocenters. The molecule has 0 aliphatic carbocycles. The van der Waals surface area contributed by atoms with Crippen molar-refractivity contribution in [3.63, 3.8) is 0 Å². The Morgan fingerprint density at radius 2 is 1.65 bits per heavy atom. The van der Waals surface area contributed by atoms with E-state index in [4.69, 9.17) is 24.1 Å². The van der Waals surface area contributed by atoms with Crippen molar-refractivity contribution < 1.29 is 9.15 Å². The summed E-state index contributed by atoms with van der Waals surface area (Å²) in [5, 5.41) is 5.35. The van der Waals surface area contributed by atoms with E-state index >= 15 is 0 Å². The van der Waals surface area contributed by atoms with Crippen LogP contribution < -0.4 is 10.4 Å². The van der Waals surface area contributed by atoms with Crippen LogP contribution in [-0.4, -0.2) is 29.5 Å². The number of hydrogen-bond acceptors (Lipinski definition) is 8. The van der Waals surface area contributed by atoms with Gasteiger partial charge in [-0.2, -0.15) is 0 Å². The van der Waals surface area contributed by atoms with Crippen molar-refractivity contribution in [1.29, 1.82) is 0 Å². The zero-order valence-corrected chi connectivity index (χ0v) is 20.7. The molecule has 7 rings (SSSR count). The van der Waals surface area contributed by atoms with Gasteiger partial charge in [0.15, 0.2) is 17.2 Å². The topological polar surface area (TPSA) is 108 Å². The molecule has 5 heterocycles. The van der Waals surface area contributed by atoms with Crippen LogP contribution in [-0.2, 0) is 5.41 Å². The summed E-state index contributed by atoms with van der Waals surface area (Å²) >= 11 is 0. The standard InChI is InChI=1S/C28H22N6O3/c1-14-22(31-17-11-7-6-10-16(17)30-14)19-20-23(15-9-5-8-12-18(15)36-26(20)35)37-25-21(19)24-32-27(28(2,3)4)33-34(24)13-29-25/h5-13,19H,1-4H3. The van der Waals surface area contributed by atoms with Gasteiger partial charge in [0.25, 0.3) is 0 Å². The highest BCUT2D eigenvalue weighted by atomic mass is 16.5. The van der Waals surface area contributed by atoms with Crippen molar-refractivity contribution in [3.05, 3.63) is 93.6 Å². The summed E-state index contributed by atoms with van der Waals surface area (Å²) in [6.45, 7) is 8.03. The summed E-state index contributed by atoms with van der Waals surface area (Å²) in [5.74, 6) is 0.734. The Morgan fingerprint density at radius 3 is 2.43 bits per heavy atom. The highest BCUT2D eigenvalue weighted by Gasteiger charge is 2.39. The molecule has 2 aromatic carbocycles. The molecule has 9 nitrogen and oxygen atoms in total. The third kappa shape index (κ3) is 3.16. The summed E-state index contributed by atoms with van der Waals surface area (Å²) in [5.41, 5.74) is 3.93. The Bertz CT molecular complexity index is 1950. The number of fused-ring (bicyclic) bond motifs is 7. The second-order valence-electron chi connectivity index (χ2n) is 10.3. The molecule has 0 bridgehead atoms. The van der Waals surface area contributed by atoms with Crippen molar-refractivity contribution in [2.75, 3.05) is 0 Å². The average molecular weight is 491 g/mol. The maximum absolute atomic E-state index is 13.6. The van der Waals surface area contributed by atoms with Crippen LogP contribution in [0.3, 0.4) is 0 Å². The lowest BCUT2D eigenvalue weighted by atomic mass is 9.86. The molecule has 0 N–H and O–H groups in total. The van der Waals surface area contributed by atoms with Crippen LogP contribution in [0.15, 0.2) is 64.1 Å². The minimum absolute atomic E-state index is 0.296. The Hall–Kier alpha value is -4.66. The van der Waals surface area contributed by atoms with E-state index in [1.165, 1.54) is 0 Å². The third-order valence-corrected chi connectivity index (χ3v) is 6.69. The predicted molar refractivity (Wildman–Crippen MR) is 137 cm³/mol. The smallest absolute Gasteiger partial charge is 0.344 e. The molecule has 182 valence electrons. The van der Waals surface area contributed by atoms with Crippen LogP contribution >= 0.6 is 0 Å². The van der Waals surface area contributed by atoms with Crippen LogP contribution in [0.2, 0.25) is 0 Å². The molecular weight excluding hydrogens is 468 g/mol. The van der Waals surface area contributed by atoms with Gasteiger partial charge in [-0.3, -0.25) is 0 Å². The van der Waals surface area contributed by atoms with Crippen molar-refractivity contribution >= 4 is 27.6 Å². The van der Waals surface area contributed by atoms with Gasteiger partial charge in [0.1, 0.15) is 11.9 Å². The average Bonchev–Trinajstić information content (AvgIpc) is 3.33. The van der Waals surface area contributed by atoms with Gasteiger partial charge in [0.05, 0.1) is 44.9 Å². The number of para-hydroxylation sites is 3. The minimum Gasteiger partial charge on any atom is -0.437 e. The molecule has 9 heteroatoms. The number of rotatable bonds is 1. The SMILES string of the molecule is Cc1nc2ccccc2nc1C1c2c(c3ccccc3oc2=O)Oc2ncn3nc(C(C)(C)C)nc3c21. The van der Waals surface area contributed by atoms with E-state index in [-0.39, 0.29) is 5.41 Å². The van der Waals surface area contributed by atoms with Crippen LogP contribution in [0.25, 0.3) is 27.6 Å². The molecule has 0 fully saturated rings. The third-order valence-electron chi connectivity index (χ3n) is 6.69. The molecule has 0 saturated heterocycles. The maximum atomic E-state index is 13.6. The van der Waals surface area contributed by atoms with E-state index < -0.39 is 11.5 Å². The molecule has 1 atom stereocenters. The quantitative estimate of drug-likeness (QED) is 0.294. The Labute approximate surface area is 210 Å². The van der Waals surface area contributed by atoms with E-state index in [0.717, 1.165) is 11.0 Å². The number of ether oxygens (including phenoxy) is 1. The first-order valence-electron chi connectivity index (χ1n) is 12.0. The summed E-state index contributed by atoms with van der Waals surface area (Å²) in [7, 11) is 0. The van der Waals surface area contributed by atoms with Gasteiger partial charge in [-0.15, -0.1) is 5.10 Å². The zero-order chi connectivity index (χ0) is 25.5. The molecule has 1 aliphatic rings. The van der Waals surface area contributed by atoms with E-state index in [0.29, 0.717) is 56.6 Å². The van der Waals surface area contributed by atoms with E-state index in [1.54, 1.807) is 16.9 Å². The normalized spacial score (nSPS) is 15.1. The van der Waals surface area contributed by atoms with E-state index in [2.05, 4.69) is 10.1 Å². The van der Waals surface area contributed by atoms with Crippen LogP contribution in [0.5, 0.6) is 11.6 Å². The fourth-order valence-corrected chi connectivity index (χ4v) is 4.90. The lowest BCUT2D eigenvalue weighted by Crippen LogP contribution is -2.24.